The van der Waals surface area contributed by atoms with E-state index < -0.39 is 3.79 Å². The molecule has 0 amide bonds. The Morgan fingerprint density at radius 2 is 1.89 bits per heavy atom. The Morgan fingerprint density at radius 1 is 1.11 bits per heavy atom. The molecule has 0 saturated carbocycles. The average molecular weight is 304 g/mol. The maximum absolute atomic E-state index is 5.64. The normalized spacial score (nSPS) is 12.2. The predicted molar refractivity (Wildman–Crippen MR) is 68.6 cm³/mol. The van der Waals surface area contributed by atoms with Gasteiger partial charge in [0, 0.05) is 0 Å². The third-order valence-electron chi connectivity index (χ3n) is 2.27. The van der Waals surface area contributed by atoms with Crippen molar-refractivity contribution in [1.82, 2.24) is 20.1 Å². The van der Waals surface area contributed by atoms with Gasteiger partial charge in [-0.2, -0.15) is 4.98 Å². The zero-order valence-corrected chi connectivity index (χ0v) is 11.0. The summed E-state index contributed by atoms with van der Waals surface area (Å²) >= 11 is 16.9. The summed E-state index contributed by atoms with van der Waals surface area (Å²) in [6.07, 6.45) is 0. The largest absolute Gasteiger partial charge is 0.335 e. The molecular weight excluding hydrogens is 298 g/mol. The van der Waals surface area contributed by atoms with Gasteiger partial charge in [-0.3, -0.25) is 0 Å². The zero-order valence-electron chi connectivity index (χ0n) is 8.69. The first-order chi connectivity index (χ1) is 8.54. The number of para-hydroxylation sites is 2. The minimum atomic E-state index is -1.74. The van der Waals surface area contributed by atoms with Gasteiger partial charge in [0.25, 0.3) is 9.68 Å². The monoisotopic (exact) mass is 302 g/mol. The molecule has 5 nitrogen and oxygen atoms in total. The van der Waals surface area contributed by atoms with Gasteiger partial charge >= 0.3 is 0 Å². The summed E-state index contributed by atoms with van der Waals surface area (Å²) in [6.45, 7) is 0. The van der Waals surface area contributed by atoms with Gasteiger partial charge in [0.05, 0.1) is 11.0 Å². The highest BCUT2D eigenvalue weighted by Crippen LogP contribution is 2.37. The highest BCUT2D eigenvalue weighted by atomic mass is 35.6. The Labute approximate surface area is 116 Å². The molecule has 0 radical (unpaired) electrons. The van der Waals surface area contributed by atoms with E-state index in [1.165, 1.54) is 0 Å². The fourth-order valence-corrected chi connectivity index (χ4v) is 1.72. The number of alkyl halides is 3. The van der Waals surface area contributed by atoms with E-state index >= 15 is 0 Å². The number of fused-ring (bicyclic) bond motifs is 1. The standard InChI is InChI=1S/C10H5Cl3N4O/c11-10(12,13)9-16-8(17-18-9)7-14-5-3-1-2-4-6(5)15-7/h1-4H,(H,14,15). The minimum Gasteiger partial charge on any atom is -0.335 e. The summed E-state index contributed by atoms with van der Waals surface area (Å²) in [6, 6.07) is 7.54. The number of nitrogens with zero attached hydrogens (tertiary/aromatic N) is 3. The van der Waals surface area contributed by atoms with Crippen LogP contribution in [0.1, 0.15) is 5.89 Å². The van der Waals surface area contributed by atoms with Crippen LogP contribution in [0.25, 0.3) is 22.7 Å². The summed E-state index contributed by atoms with van der Waals surface area (Å²) in [5.41, 5.74) is 1.67. The van der Waals surface area contributed by atoms with Gasteiger partial charge in [-0.25, -0.2) is 4.98 Å². The van der Waals surface area contributed by atoms with Gasteiger partial charge in [-0.05, 0) is 12.1 Å². The first-order valence-electron chi connectivity index (χ1n) is 4.90. The summed E-state index contributed by atoms with van der Waals surface area (Å²) in [5, 5.41) is 3.71. The molecule has 0 atom stereocenters. The van der Waals surface area contributed by atoms with Gasteiger partial charge in [-0.15, -0.1) is 0 Å². The number of aromatic nitrogens is 4. The summed E-state index contributed by atoms with van der Waals surface area (Å²) in [7, 11) is 0. The molecule has 2 heterocycles. The van der Waals surface area contributed by atoms with Crippen molar-refractivity contribution in [1.29, 1.82) is 0 Å². The quantitative estimate of drug-likeness (QED) is 0.699. The summed E-state index contributed by atoms with van der Waals surface area (Å²) in [5.74, 6) is 0.607. The smallest absolute Gasteiger partial charge is 0.279 e. The Kier molecular flexibility index (Phi) is 2.69. The highest BCUT2D eigenvalue weighted by molar-refractivity contribution is 6.66. The van der Waals surface area contributed by atoms with Crippen LogP contribution >= 0.6 is 34.8 Å². The van der Waals surface area contributed by atoms with Crippen molar-refractivity contribution in [2.75, 3.05) is 0 Å². The van der Waals surface area contributed by atoms with Crippen LogP contribution < -0.4 is 0 Å². The van der Waals surface area contributed by atoms with E-state index in [2.05, 4.69) is 20.1 Å². The van der Waals surface area contributed by atoms with E-state index in [1.807, 2.05) is 24.3 Å². The minimum absolute atomic E-state index is 0.0945. The van der Waals surface area contributed by atoms with E-state index in [4.69, 9.17) is 39.3 Å². The lowest BCUT2D eigenvalue weighted by molar-refractivity contribution is 0.383. The van der Waals surface area contributed by atoms with E-state index in [1.54, 1.807) is 0 Å². The molecular formula is C10H5Cl3N4O. The fraction of sp³-hybridized carbons (Fsp3) is 0.100. The molecule has 0 aliphatic carbocycles. The number of H-pyrrole nitrogens is 1. The topological polar surface area (TPSA) is 67.6 Å². The van der Waals surface area contributed by atoms with Crippen molar-refractivity contribution < 1.29 is 4.52 Å². The maximum Gasteiger partial charge on any atom is 0.279 e. The third kappa shape index (κ3) is 2.05. The molecule has 92 valence electrons. The second-order valence-electron chi connectivity index (χ2n) is 3.52. The highest BCUT2D eigenvalue weighted by Gasteiger charge is 2.31. The number of hydrogen-bond acceptors (Lipinski definition) is 4. The molecule has 0 aliphatic heterocycles. The van der Waals surface area contributed by atoms with Crippen molar-refractivity contribution in [2.24, 2.45) is 0 Å². The van der Waals surface area contributed by atoms with Gasteiger partial charge in [0.2, 0.25) is 5.82 Å². The van der Waals surface area contributed by atoms with Crippen LogP contribution in [0.4, 0.5) is 0 Å². The molecule has 0 unspecified atom stereocenters. The molecule has 3 aromatic rings. The Bertz CT molecular complexity index is 667. The first kappa shape index (κ1) is 11.8. The van der Waals surface area contributed by atoms with Gasteiger partial charge in [0.15, 0.2) is 5.82 Å². The number of aromatic amines is 1. The van der Waals surface area contributed by atoms with Crippen LogP contribution in [0.3, 0.4) is 0 Å². The Hall–Kier alpha value is -1.30. The van der Waals surface area contributed by atoms with E-state index in [9.17, 15) is 0 Å². The summed E-state index contributed by atoms with van der Waals surface area (Å²) in [4.78, 5) is 11.3. The van der Waals surface area contributed by atoms with Crippen molar-refractivity contribution >= 4 is 45.8 Å². The SMILES string of the molecule is ClC(Cl)(Cl)c1nc(-c2nc3ccccc3[nH]2)no1. The van der Waals surface area contributed by atoms with Crippen LogP contribution in [0.15, 0.2) is 28.8 Å². The van der Waals surface area contributed by atoms with E-state index in [0.29, 0.717) is 5.82 Å². The Balaban J connectivity index is 2.06. The second-order valence-corrected chi connectivity index (χ2v) is 5.80. The number of rotatable bonds is 1. The van der Waals surface area contributed by atoms with Crippen LogP contribution in [0, 0.1) is 0 Å². The number of halogens is 3. The van der Waals surface area contributed by atoms with Gasteiger partial charge in [-0.1, -0.05) is 52.1 Å². The van der Waals surface area contributed by atoms with Crippen molar-refractivity contribution in [3.63, 3.8) is 0 Å². The fourth-order valence-electron chi connectivity index (χ4n) is 1.49. The van der Waals surface area contributed by atoms with Gasteiger partial charge in [0.1, 0.15) is 0 Å². The lowest BCUT2D eigenvalue weighted by atomic mass is 10.3. The zero-order chi connectivity index (χ0) is 12.8. The van der Waals surface area contributed by atoms with Crippen LogP contribution in [-0.4, -0.2) is 20.1 Å². The van der Waals surface area contributed by atoms with Crippen LogP contribution in [0.2, 0.25) is 0 Å². The molecule has 0 fully saturated rings. The molecule has 2 aromatic heterocycles. The van der Waals surface area contributed by atoms with Crippen molar-refractivity contribution in [2.45, 2.75) is 3.79 Å². The molecule has 0 aliphatic rings. The number of benzene rings is 1. The van der Waals surface area contributed by atoms with Crippen LogP contribution in [-0.2, 0) is 3.79 Å². The molecule has 3 rings (SSSR count). The molecule has 8 heteroatoms. The van der Waals surface area contributed by atoms with E-state index in [0.717, 1.165) is 11.0 Å². The lowest BCUT2D eigenvalue weighted by Crippen LogP contribution is -1.99. The second kappa shape index (κ2) is 4.12. The molecule has 18 heavy (non-hydrogen) atoms. The number of imidazole rings is 1. The van der Waals surface area contributed by atoms with Gasteiger partial charge < -0.3 is 9.51 Å². The molecule has 1 N–H and O–H groups in total. The number of hydrogen-bond donors (Lipinski definition) is 1. The molecule has 0 bridgehead atoms. The predicted octanol–water partition coefficient (Wildman–Crippen LogP) is 3.44. The van der Waals surface area contributed by atoms with Crippen LogP contribution in [0.5, 0.6) is 0 Å². The van der Waals surface area contributed by atoms with Crippen molar-refractivity contribution in [3.8, 4) is 11.6 Å². The lowest BCUT2D eigenvalue weighted by Gasteiger charge is -2.01. The molecule has 1 aromatic carbocycles. The number of nitrogens with one attached hydrogen (secondary N) is 1. The summed E-state index contributed by atoms with van der Waals surface area (Å²) < 4.78 is 3.12. The molecule has 0 saturated heterocycles. The maximum atomic E-state index is 5.64. The Morgan fingerprint density at radius 3 is 2.56 bits per heavy atom. The first-order valence-corrected chi connectivity index (χ1v) is 6.03. The van der Waals surface area contributed by atoms with Crippen molar-refractivity contribution in [3.05, 3.63) is 30.2 Å². The van der Waals surface area contributed by atoms with E-state index in [-0.39, 0.29) is 11.7 Å². The third-order valence-corrected chi connectivity index (χ3v) is 2.75. The molecule has 0 spiro atoms. The average Bonchev–Trinajstić information content (AvgIpc) is 2.94.